The summed E-state index contributed by atoms with van der Waals surface area (Å²) in [5, 5.41) is 10.6. The van der Waals surface area contributed by atoms with Gasteiger partial charge in [-0.2, -0.15) is 0 Å². The summed E-state index contributed by atoms with van der Waals surface area (Å²) in [5.41, 5.74) is 6.14. The van der Waals surface area contributed by atoms with Crippen LogP contribution in [0, 0.1) is 0 Å². The second-order valence-electron chi connectivity index (χ2n) is 4.28. The standard InChI is InChI=1S/C12H16BrNO.ClH/c13-10-6-4-9(5-7-10)12(15)8-2-1-3-11(12)14;/h4-7,11,15H,1-3,8,14H2;1H. The van der Waals surface area contributed by atoms with Crippen LogP contribution in [0.4, 0.5) is 0 Å². The van der Waals surface area contributed by atoms with E-state index in [0.717, 1.165) is 35.7 Å². The van der Waals surface area contributed by atoms with Crippen molar-refractivity contribution in [1.29, 1.82) is 0 Å². The molecule has 16 heavy (non-hydrogen) atoms. The lowest BCUT2D eigenvalue weighted by Gasteiger charge is -2.38. The normalized spacial score (nSPS) is 29.6. The van der Waals surface area contributed by atoms with Gasteiger partial charge in [-0.3, -0.25) is 0 Å². The van der Waals surface area contributed by atoms with Crippen molar-refractivity contribution in [2.75, 3.05) is 0 Å². The highest BCUT2D eigenvalue weighted by Gasteiger charge is 2.37. The van der Waals surface area contributed by atoms with E-state index in [2.05, 4.69) is 15.9 Å². The fraction of sp³-hybridized carbons (Fsp3) is 0.500. The minimum absolute atomic E-state index is 0. The number of aliphatic hydroxyl groups is 1. The predicted octanol–water partition coefficient (Wildman–Crippen LogP) is 2.96. The van der Waals surface area contributed by atoms with E-state index < -0.39 is 5.60 Å². The highest BCUT2D eigenvalue weighted by atomic mass is 79.9. The molecule has 4 heteroatoms. The van der Waals surface area contributed by atoms with Crippen LogP contribution in [0.5, 0.6) is 0 Å². The minimum atomic E-state index is -0.820. The number of rotatable bonds is 1. The molecule has 2 rings (SSSR count). The Morgan fingerprint density at radius 1 is 1.25 bits per heavy atom. The SMILES string of the molecule is Cl.NC1CCCCC1(O)c1ccc(Br)cc1. The third-order valence-electron chi connectivity index (χ3n) is 3.28. The zero-order chi connectivity index (χ0) is 10.9. The Kier molecular flexibility index (Phi) is 4.80. The van der Waals surface area contributed by atoms with Crippen LogP contribution < -0.4 is 5.73 Å². The van der Waals surface area contributed by atoms with Gasteiger partial charge in [0.15, 0.2) is 0 Å². The lowest BCUT2D eigenvalue weighted by Crippen LogP contribution is -2.47. The Balaban J connectivity index is 0.00000128. The fourth-order valence-corrected chi connectivity index (χ4v) is 2.54. The maximum Gasteiger partial charge on any atom is 0.105 e. The van der Waals surface area contributed by atoms with Crippen molar-refractivity contribution in [3.05, 3.63) is 34.3 Å². The zero-order valence-electron chi connectivity index (χ0n) is 9.03. The first-order valence-electron chi connectivity index (χ1n) is 5.37. The van der Waals surface area contributed by atoms with E-state index in [1.165, 1.54) is 0 Å². The first-order chi connectivity index (χ1) is 7.13. The summed E-state index contributed by atoms with van der Waals surface area (Å²) in [7, 11) is 0. The topological polar surface area (TPSA) is 46.2 Å². The van der Waals surface area contributed by atoms with Crippen LogP contribution >= 0.6 is 28.3 Å². The van der Waals surface area contributed by atoms with E-state index in [9.17, 15) is 5.11 Å². The molecular formula is C12H17BrClNO. The molecule has 0 bridgehead atoms. The van der Waals surface area contributed by atoms with E-state index in [1.807, 2.05) is 24.3 Å². The van der Waals surface area contributed by atoms with Crippen molar-refractivity contribution < 1.29 is 5.11 Å². The highest BCUT2D eigenvalue weighted by molar-refractivity contribution is 9.10. The summed E-state index contributed by atoms with van der Waals surface area (Å²) in [4.78, 5) is 0. The van der Waals surface area contributed by atoms with E-state index in [0.29, 0.717) is 0 Å². The maximum atomic E-state index is 10.6. The summed E-state index contributed by atoms with van der Waals surface area (Å²) < 4.78 is 1.03. The first kappa shape index (κ1) is 14.0. The predicted molar refractivity (Wildman–Crippen MR) is 71.7 cm³/mol. The molecular weight excluding hydrogens is 289 g/mol. The monoisotopic (exact) mass is 305 g/mol. The Morgan fingerprint density at radius 3 is 2.44 bits per heavy atom. The average Bonchev–Trinajstić information content (AvgIpc) is 2.23. The maximum absolute atomic E-state index is 10.6. The number of nitrogens with two attached hydrogens (primary N) is 1. The van der Waals surface area contributed by atoms with Crippen LogP contribution in [0.2, 0.25) is 0 Å². The molecule has 1 aromatic rings. The van der Waals surface area contributed by atoms with Crippen molar-refractivity contribution in [3.63, 3.8) is 0 Å². The zero-order valence-corrected chi connectivity index (χ0v) is 11.4. The van der Waals surface area contributed by atoms with Crippen LogP contribution in [-0.2, 0) is 5.60 Å². The third-order valence-corrected chi connectivity index (χ3v) is 3.81. The van der Waals surface area contributed by atoms with Gasteiger partial charge in [-0.1, -0.05) is 40.9 Å². The molecule has 90 valence electrons. The van der Waals surface area contributed by atoms with E-state index in [1.54, 1.807) is 0 Å². The van der Waals surface area contributed by atoms with Crippen molar-refractivity contribution in [1.82, 2.24) is 0 Å². The van der Waals surface area contributed by atoms with Gasteiger partial charge in [0, 0.05) is 10.5 Å². The van der Waals surface area contributed by atoms with Gasteiger partial charge in [-0.15, -0.1) is 12.4 Å². The minimum Gasteiger partial charge on any atom is -0.384 e. The molecule has 1 saturated carbocycles. The van der Waals surface area contributed by atoms with Crippen molar-refractivity contribution in [3.8, 4) is 0 Å². The summed E-state index contributed by atoms with van der Waals surface area (Å²) >= 11 is 3.39. The molecule has 2 unspecified atom stereocenters. The van der Waals surface area contributed by atoms with Gasteiger partial charge in [0.2, 0.25) is 0 Å². The number of halogens is 2. The molecule has 1 fully saturated rings. The Bertz CT molecular complexity index is 343. The largest absolute Gasteiger partial charge is 0.384 e. The lowest BCUT2D eigenvalue weighted by atomic mass is 9.76. The molecule has 2 nitrogen and oxygen atoms in total. The van der Waals surface area contributed by atoms with Crippen molar-refractivity contribution >= 4 is 28.3 Å². The third kappa shape index (κ3) is 2.59. The Labute approximate surface area is 111 Å². The van der Waals surface area contributed by atoms with E-state index in [-0.39, 0.29) is 18.4 Å². The van der Waals surface area contributed by atoms with Crippen LogP contribution in [0.1, 0.15) is 31.2 Å². The number of hydrogen-bond acceptors (Lipinski definition) is 2. The summed E-state index contributed by atoms with van der Waals surface area (Å²) in [6.07, 6.45) is 3.86. The first-order valence-corrected chi connectivity index (χ1v) is 6.16. The number of hydrogen-bond donors (Lipinski definition) is 2. The molecule has 0 aliphatic heterocycles. The van der Waals surface area contributed by atoms with Gasteiger partial charge in [0.05, 0.1) is 0 Å². The number of benzene rings is 1. The molecule has 3 N–H and O–H groups in total. The van der Waals surface area contributed by atoms with Gasteiger partial charge in [-0.05, 0) is 30.5 Å². The van der Waals surface area contributed by atoms with Crippen LogP contribution in [0.25, 0.3) is 0 Å². The van der Waals surface area contributed by atoms with Gasteiger partial charge in [0.25, 0.3) is 0 Å². The van der Waals surface area contributed by atoms with Gasteiger partial charge >= 0.3 is 0 Å². The van der Waals surface area contributed by atoms with Crippen molar-refractivity contribution in [2.45, 2.75) is 37.3 Å². The lowest BCUT2D eigenvalue weighted by molar-refractivity contribution is -0.0193. The second-order valence-corrected chi connectivity index (χ2v) is 5.20. The molecule has 0 amide bonds. The second kappa shape index (κ2) is 5.50. The molecule has 1 aromatic carbocycles. The van der Waals surface area contributed by atoms with Gasteiger partial charge < -0.3 is 10.8 Å². The molecule has 0 radical (unpaired) electrons. The summed E-state index contributed by atoms with van der Waals surface area (Å²) in [5.74, 6) is 0. The van der Waals surface area contributed by atoms with Gasteiger partial charge in [-0.25, -0.2) is 0 Å². The quantitative estimate of drug-likeness (QED) is 0.838. The smallest absolute Gasteiger partial charge is 0.105 e. The molecule has 0 saturated heterocycles. The van der Waals surface area contributed by atoms with Crippen LogP contribution in [0.3, 0.4) is 0 Å². The van der Waals surface area contributed by atoms with Crippen LogP contribution in [-0.4, -0.2) is 11.1 Å². The summed E-state index contributed by atoms with van der Waals surface area (Å²) in [6, 6.07) is 7.68. The highest BCUT2D eigenvalue weighted by Crippen LogP contribution is 2.36. The van der Waals surface area contributed by atoms with Gasteiger partial charge in [0.1, 0.15) is 5.60 Å². The fourth-order valence-electron chi connectivity index (χ4n) is 2.28. The Hall–Kier alpha value is -0.0900. The average molecular weight is 307 g/mol. The molecule has 1 aliphatic carbocycles. The van der Waals surface area contributed by atoms with Crippen molar-refractivity contribution in [2.24, 2.45) is 5.73 Å². The molecule has 1 aliphatic rings. The summed E-state index contributed by atoms with van der Waals surface area (Å²) in [6.45, 7) is 0. The van der Waals surface area contributed by atoms with E-state index >= 15 is 0 Å². The molecule has 0 spiro atoms. The molecule has 0 aromatic heterocycles. The molecule has 0 heterocycles. The van der Waals surface area contributed by atoms with E-state index in [4.69, 9.17) is 5.73 Å². The molecule has 2 atom stereocenters. The Morgan fingerprint density at radius 2 is 1.88 bits per heavy atom. The van der Waals surface area contributed by atoms with Crippen LogP contribution in [0.15, 0.2) is 28.7 Å².